The summed E-state index contributed by atoms with van der Waals surface area (Å²) < 4.78 is 9.96. The molecular formula is C16H32O3. The van der Waals surface area contributed by atoms with Gasteiger partial charge in [-0.1, -0.05) is 71.6 Å². The second kappa shape index (κ2) is 15.3. The molecule has 0 radical (unpaired) electrons. The van der Waals surface area contributed by atoms with Crippen LogP contribution in [-0.2, 0) is 9.47 Å². The van der Waals surface area contributed by atoms with Gasteiger partial charge in [-0.15, -0.1) is 0 Å². The van der Waals surface area contributed by atoms with Gasteiger partial charge in [-0.3, -0.25) is 0 Å². The zero-order chi connectivity index (χ0) is 14.2. The summed E-state index contributed by atoms with van der Waals surface area (Å²) >= 11 is 0. The van der Waals surface area contributed by atoms with E-state index >= 15 is 0 Å². The molecule has 0 aliphatic heterocycles. The molecule has 0 unspecified atom stereocenters. The molecule has 0 spiro atoms. The summed E-state index contributed by atoms with van der Waals surface area (Å²) in [6.45, 7) is 5.35. The highest BCUT2D eigenvalue weighted by atomic mass is 16.7. The van der Waals surface area contributed by atoms with Crippen molar-refractivity contribution in [3.8, 4) is 0 Å². The van der Waals surface area contributed by atoms with Crippen molar-refractivity contribution in [2.24, 2.45) is 0 Å². The Balaban J connectivity index is 3.10. The molecule has 0 heterocycles. The Kier molecular flexibility index (Phi) is 14.7. The van der Waals surface area contributed by atoms with Crippen molar-refractivity contribution < 1.29 is 14.3 Å². The molecule has 0 aliphatic rings. The van der Waals surface area contributed by atoms with Crippen LogP contribution < -0.4 is 0 Å². The molecule has 0 N–H and O–H groups in total. The first-order valence-electron chi connectivity index (χ1n) is 8.10. The molecule has 0 bridgehead atoms. The summed E-state index contributed by atoms with van der Waals surface area (Å²) in [4.78, 5) is 11.2. The number of unbranched alkanes of at least 4 members (excludes halogenated alkanes) is 9. The third kappa shape index (κ3) is 15.2. The van der Waals surface area contributed by atoms with Gasteiger partial charge in [-0.05, 0) is 12.8 Å². The molecule has 3 nitrogen and oxygen atoms in total. The molecule has 0 fully saturated rings. The minimum atomic E-state index is -0.501. The molecule has 0 aliphatic carbocycles. The molecule has 0 saturated carbocycles. The quantitative estimate of drug-likeness (QED) is 0.329. The molecule has 0 amide bonds. The predicted molar refractivity (Wildman–Crippen MR) is 79.4 cm³/mol. The van der Waals surface area contributed by atoms with Gasteiger partial charge in [-0.25, -0.2) is 4.79 Å². The number of ether oxygens (including phenoxy) is 2. The molecule has 3 heteroatoms. The number of carbonyl (C=O) groups excluding carboxylic acids is 1. The van der Waals surface area contributed by atoms with Crippen molar-refractivity contribution in [3.63, 3.8) is 0 Å². The van der Waals surface area contributed by atoms with E-state index in [9.17, 15) is 4.79 Å². The van der Waals surface area contributed by atoms with E-state index in [1.165, 1.54) is 38.5 Å². The Morgan fingerprint density at radius 2 is 1.00 bits per heavy atom. The van der Waals surface area contributed by atoms with Crippen LogP contribution in [0.4, 0.5) is 4.79 Å². The summed E-state index contributed by atoms with van der Waals surface area (Å²) in [7, 11) is 0. The number of carbonyl (C=O) groups is 1. The fourth-order valence-electron chi connectivity index (χ4n) is 1.94. The lowest BCUT2D eigenvalue weighted by Gasteiger charge is -2.06. The average molecular weight is 272 g/mol. The van der Waals surface area contributed by atoms with Gasteiger partial charge in [0.05, 0.1) is 13.2 Å². The van der Waals surface area contributed by atoms with E-state index in [2.05, 4.69) is 13.8 Å². The average Bonchev–Trinajstić information content (AvgIpc) is 2.42. The molecule has 0 aromatic rings. The van der Waals surface area contributed by atoms with Gasteiger partial charge >= 0.3 is 6.16 Å². The Morgan fingerprint density at radius 3 is 1.53 bits per heavy atom. The van der Waals surface area contributed by atoms with Crippen LogP contribution in [0.15, 0.2) is 0 Å². The summed E-state index contributed by atoms with van der Waals surface area (Å²) in [6.07, 6.45) is 12.7. The minimum Gasteiger partial charge on any atom is -0.434 e. The van der Waals surface area contributed by atoms with Crippen molar-refractivity contribution >= 4 is 6.16 Å². The maximum atomic E-state index is 11.2. The standard InChI is InChI=1S/C16H32O3/c1-3-5-7-8-9-10-11-13-15-19-16(17)18-14-12-6-4-2/h3-15H2,1-2H3. The van der Waals surface area contributed by atoms with Crippen LogP contribution in [0.3, 0.4) is 0 Å². The highest BCUT2D eigenvalue weighted by Crippen LogP contribution is 2.08. The highest BCUT2D eigenvalue weighted by molar-refractivity contribution is 5.59. The van der Waals surface area contributed by atoms with Gasteiger partial charge in [0.25, 0.3) is 0 Å². The van der Waals surface area contributed by atoms with Gasteiger partial charge < -0.3 is 9.47 Å². The van der Waals surface area contributed by atoms with Crippen LogP contribution >= 0.6 is 0 Å². The number of hydrogen-bond donors (Lipinski definition) is 0. The van der Waals surface area contributed by atoms with Crippen molar-refractivity contribution in [2.45, 2.75) is 84.5 Å². The normalized spacial score (nSPS) is 10.4. The van der Waals surface area contributed by atoms with Crippen LogP contribution in [0.5, 0.6) is 0 Å². The second-order valence-electron chi connectivity index (χ2n) is 5.13. The van der Waals surface area contributed by atoms with E-state index in [0.717, 1.165) is 32.1 Å². The van der Waals surface area contributed by atoms with Crippen LogP contribution in [-0.4, -0.2) is 19.4 Å². The number of hydrogen-bond acceptors (Lipinski definition) is 3. The minimum absolute atomic E-state index is 0.490. The highest BCUT2D eigenvalue weighted by Gasteiger charge is 2.02. The monoisotopic (exact) mass is 272 g/mol. The van der Waals surface area contributed by atoms with Gasteiger partial charge in [0, 0.05) is 0 Å². The van der Waals surface area contributed by atoms with E-state index < -0.39 is 6.16 Å². The predicted octanol–water partition coefficient (Wildman–Crippen LogP) is 5.47. The first kappa shape index (κ1) is 18.3. The topological polar surface area (TPSA) is 35.5 Å². The molecule has 0 aromatic heterocycles. The first-order chi connectivity index (χ1) is 9.31. The number of rotatable bonds is 13. The van der Waals surface area contributed by atoms with E-state index in [4.69, 9.17) is 9.47 Å². The van der Waals surface area contributed by atoms with Crippen LogP contribution in [0.1, 0.15) is 84.5 Å². The summed E-state index contributed by atoms with van der Waals surface area (Å²) in [6, 6.07) is 0. The van der Waals surface area contributed by atoms with Crippen LogP contribution in [0.2, 0.25) is 0 Å². The maximum absolute atomic E-state index is 11.2. The summed E-state index contributed by atoms with van der Waals surface area (Å²) in [5.41, 5.74) is 0. The van der Waals surface area contributed by atoms with Crippen LogP contribution in [0.25, 0.3) is 0 Å². The van der Waals surface area contributed by atoms with Crippen molar-refractivity contribution in [3.05, 3.63) is 0 Å². The molecule has 19 heavy (non-hydrogen) atoms. The zero-order valence-corrected chi connectivity index (χ0v) is 12.9. The van der Waals surface area contributed by atoms with Crippen LogP contribution in [0, 0.1) is 0 Å². The van der Waals surface area contributed by atoms with E-state index in [-0.39, 0.29) is 0 Å². The zero-order valence-electron chi connectivity index (χ0n) is 12.9. The van der Waals surface area contributed by atoms with E-state index in [1.807, 2.05) is 0 Å². The summed E-state index contributed by atoms with van der Waals surface area (Å²) in [5, 5.41) is 0. The lowest BCUT2D eigenvalue weighted by Crippen LogP contribution is -2.09. The Bertz CT molecular complexity index is 192. The molecule has 0 aromatic carbocycles. The Morgan fingerprint density at radius 1 is 0.632 bits per heavy atom. The molecule has 0 atom stereocenters. The third-order valence-electron chi connectivity index (χ3n) is 3.19. The molecule has 114 valence electrons. The fourth-order valence-corrected chi connectivity index (χ4v) is 1.94. The molecule has 0 rings (SSSR count). The van der Waals surface area contributed by atoms with Gasteiger partial charge in [0.1, 0.15) is 0 Å². The van der Waals surface area contributed by atoms with Crippen molar-refractivity contribution in [1.29, 1.82) is 0 Å². The van der Waals surface area contributed by atoms with Crippen molar-refractivity contribution in [1.82, 2.24) is 0 Å². The lowest BCUT2D eigenvalue weighted by molar-refractivity contribution is 0.0530. The lowest BCUT2D eigenvalue weighted by atomic mass is 10.1. The Hall–Kier alpha value is -0.730. The molecule has 0 saturated heterocycles. The fraction of sp³-hybridized carbons (Fsp3) is 0.938. The largest absolute Gasteiger partial charge is 0.508 e. The smallest absolute Gasteiger partial charge is 0.434 e. The maximum Gasteiger partial charge on any atom is 0.508 e. The van der Waals surface area contributed by atoms with Gasteiger partial charge in [0.15, 0.2) is 0 Å². The first-order valence-corrected chi connectivity index (χ1v) is 8.10. The SMILES string of the molecule is CCCCCCCCCCOC(=O)OCCCCC. The van der Waals surface area contributed by atoms with Gasteiger partial charge in [0.2, 0.25) is 0 Å². The van der Waals surface area contributed by atoms with E-state index in [0.29, 0.717) is 13.2 Å². The third-order valence-corrected chi connectivity index (χ3v) is 3.19. The summed E-state index contributed by atoms with van der Waals surface area (Å²) in [5.74, 6) is 0. The van der Waals surface area contributed by atoms with Crippen molar-refractivity contribution in [2.75, 3.05) is 13.2 Å². The van der Waals surface area contributed by atoms with Gasteiger partial charge in [-0.2, -0.15) is 0 Å². The second-order valence-corrected chi connectivity index (χ2v) is 5.13. The Labute approximate surface area is 119 Å². The van der Waals surface area contributed by atoms with E-state index in [1.54, 1.807) is 0 Å². The molecular weight excluding hydrogens is 240 g/mol.